The van der Waals surface area contributed by atoms with Gasteiger partial charge in [-0.25, -0.2) is 4.98 Å². The highest BCUT2D eigenvalue weighted by atomic mass is 32.1. The maximum absolute atomic E-state index is 12.9. The van der Waals surface area contributed by atoms with Gasteiger partial charge < -0.3 is 5.32 Å². The van der Waals surface area contributed by atoms with Gasteiger partial charge in [0.1, 0.15) is 4.83 Å². The van der Waals surface area contributed by atoms with Crippen LogP contribution < -0.4 is 10.9 Å². The summed E-state index contributed by atoms with van der Waals surface area (Å²) >= 11 is 1.72. The topological polar surface area (TPSA) is 46.9 Å². The van der Waals surface area contributed by atoms with Crippen LogP contribution in [0.25, 0.3) is 10.2 Å². The number of aromatic nitrogens is 2. The van der Waals surface area contributed by atoms with Crippen LogP contribution in [0.15, 0.2) is 4.79 Å². The van der Waals surface area contributed by atoms with Gasteiger partial charge in [-0.05, 0) is 51.5 Å². The van der Waals surface area contributed by atoms with E-state index in [9.17, 15) is 4.79 Å². The van der Waals surface area contributed by atoms with Gasteiger partial charge >= 0.3 is 0 Å². The Kier molecular flexibility index (Phi) is 4.02. The summed E-state index contributed by atoms with van der Waals surface area (Å²) in [5.41, 5.74) is 1.42. The highest BCUT2D eigenvalue weighted by Gasteiger charge is 2.21. The molecule has 2 heterocycles. The fraction of sp³-hybridized carbons (Fsp3) is 0.625. The summed E-state index contributed by atoms with van der Waals surface area (Å²) in [6.45, 7) is 6.97. The van der Waals surface area contributed by atoms with E-state index in [1.54, 1.807) is 11.3 Å². The molecule has 1 aliphatic rings. The first kappa shape index (κ1) is 14.6. The quantitative estimate of drug-likeness (QED) is 0.939. The molecule has 5 heteroatoms. The van der Waals surface area contributed by atoms with E-state index in [-0.39, 0.29) is 11.6 Å². The summed E-state index contributed by atoms with van der Waals surface area (Å²) in [4.78, 5) is 20.0. The molecule has 0 spiro atoms. The Hall–Kier alpha value is -1.36. The largest absolute Gasteiger partial charge is 0.353 e. The summed E-state index contributed by atoms with van der Waals surface area (Å²) in [5, 5.41) is 4.22. The van der Waals surface area contributed by atoms with Crippen LogP contribution >= 0.6 is 11.3 Å². The predicted molar refractivity (Wildman–Crippen MR) is 89.6 cm³/mol. The van der Waals surface area contributed by atoms with Crippen LogP contribution in [0.2, 0.25) is 0 Å². The lowest BCUT2D eigenvalue weighted by atomic mass is 9.97. The minimum Gasteiger partial charge on any atom is -0.353 e. The fourth-order valence-electron chi connectivity index (χ4n) is 3.04. The number of fused-ring (bicyclic) bond motifs is 3. The molecule has 1 aliphatic carbocycles. The summed E-state index contributed by atoms with van der Waals surface area (Å²) < 4.78 is 1.82. The molecule has 114 valence electrons. The predicted octanol–water partition coefficient (Wildman–Crippen LogP) is 3.57. The fourth-order valence-corrected chi connectivity index (χ4v) is 4.29. The Bertz CT molecular complexity index is 714. The molecule has 21 heavy (non-hydrogen) atoms. The normalized spacial score (nSPS) is 14.7. The lowest BCUT2D eigenvalue weighted by molar-refractivity contribution is 0.646. The summed E-state index contributed by atoms with van der Waals surface area (Å²) in [6.07, 6.45) is 5.51. The van der Waals surface area contributed by atoms with E-state index < -0.39 is 0 Å². The van der Waals surface area contributed by atoms with Crippen LogP contribution in [-0.2, 0) is 19.4 Å². The zero-order chi connectivity index (χ0) is 15.0. The first-order valence-electron chi connectivity index (χ1n) is 7.93. The van der Waals surface area contributed by atoms with E-state index in [4.69, 9.17) is 4.98 Å². The zero-order valence-corrected chi connectivity index (χ0v) is 13.8. The van der Waals surface area contributed by atoms with Crippen molar-refractivity contribution in [1.29, 1.82) is 0 Å². The number of nitrogens with zero attached hydrogens (tertiary/aromatic N) is 2. The summed E-state index contributed by atoms with van der Waals surface area (Å²) in [6, 6.07) is 0.270. The molecule has 0 radical (unpaired) electrons. The average molecular weight is 305 g/mol. The molecule has 0 unspecified atom stereocenters. The molecule has 0 aromatic carbocycles. The van der Waals surface area contributed by atoms with Crippen molar-refractivity contribution in [2.75, 3.05) is 5.32 Å². The van der Waals surface area contributed by atoms with Crippen LogP contribution in [0.1, 0.15) is 50.5 Å². The first-order chi connectivity index (χ1) is 10.1. The Balaban J connectivity index is 2.24. The number of anilines is 1. The molecule has 1 N–H and O–H groups in total. The standard InChI is InChI=1S/C16H23N3OS/c1-4-9-19-15(20)13-11-7-5-6-8-12(11)21-14(13)18-16(19)17-10(2)3/h10H,4-9H2,1-3H3,(H,17,18). The van der Waals surface area contributed by atoms with Crippen LogP contribution in [0.3, 0.4) is 0 Å². The number of thiophene rings is 1. The average Bonchev–Trinajstić information content (AvgIpc) is 2.80. The van der Waals surface area contributed by atoms with E-state index in [0.29, 0.717) is 0 Å². The minimum absolute atomic E-state index is 0.143. The second-order valence-electron chi connectivity index (χ2n) is 6.08. The van der Waals surface area contributed by atoms with Crippen molar-refractivity contribution in [2.45, 2.75) is 65.5 Å². The smallest absolute Gasteiger partial charge is 0.263 e. The van der Waals surface area contributed by atoms with E-state index >= 15 is 0 Å². The summed E-state index contributed by atoms with van der Waals surface area (Å²) in [5.74, 6) is 0.725. The molecular weight excluding hydrogens is 282 g/mol. The number of nitrogens with one attached hydrogen (secondary N) is 1. The Morgan fingerprint density at radius 2 is 2.10 bits per heavy atom. The maximum atomic E-state index is 12.9. The van der Waals surface area contributed by atoms with E-state index in [1.807, 2.05) is 4.57 Å². The van der Waals surface area contributed by atoms with Crippen molar-refractivity contribution in [3.63, 3.8) is 0 Å². The second kappa shape index (κ2) is 5.79. The maximum Gasteiger partial charge on any atom is 0.263 e. The molecule has 4 nitrogen and oxygen atoms in total. The third-order valence-electron chi connectivity index (χ3n) is 3.94. The SMILES string of the molecule is CCCn1c(NC(C)C)nc2sc3c(c2c1=O)CCCC3. The van der Waals surface area contributed by atoms with Crippen molar-refractivity contribution in [3.05, 3.63) is 20.8 Å². The van der Waals surface area contributed by atoms with Gasteiger partial charge in [0.25, 0.3) is 5.56 Å². The number of hydrogen-bond donors (Lipinski definition) is 1. The van der Waals surface area contributed by atoms with Crippen molar-refractivity contribution >= 4 is 27.5 Å². The molecule has 3 rings (SSSR count). The second-order valence-corrected chi connectivity index (χ2v) is 7.17. The van der Waals surface area contributed by atoms with Gasteiger partial charge in [-0.2, -0.15) is 0 Å². The Labute approximate surface area is 129 Å². The summed E-state index contributed by atoms with van der Waals surface area (Å²) in [7, 11) is 0. The number of rotatable bonds is 4. The molecular formula is C16H23N3OS. The first-order valence-corrected chi connectivity index (χ1v) is 8.75. The van der Waals surface area contributed by atoms with Gasteiger partial charge in [-0.1, -0.05) is 6.92 Å². The zero-order valence-electron chi connectivity index (χ0n) is 13.0. The van der Waals surface area contributed by atoms with Gasteiger partial charge in [0, 0.05) is 17.5 Å². The number of aryl methyl sites for hydroxylation is 2. The minimum atomic E-state index is 0.143. The third kappa shape index (κ3) is 2.59. The number of hydrogen-bond acceptors (Lipinski definition) is 4. The highest BCUT2D eigenvalue weighted by Crippen LogP contribution is 2.34. The van der Waals surface area contributed by atoms with Crippen LogP contribution in [0.5, 0.6) is 0 Å². The molecule has 0 saturated carbocycles. The van der Waals surface area contributed by atoms with Gasteiger partial charge in [0.05, 0.1) is 5.39 Å². The van der Waals surface area contributed by atoms with E-state index in [2.05, 4.69) is 26.1 Å². The molecule has 0 bridgehead atoms. The third-order valence-corrected chi connectivity index (χ3v) is 5.13. The Morgan fingerprint density at radius 1 is 1.33 bits per heavy atom. The van der Waals surface area contributed by atoms with Gasteiger partial charge in [0.15, 0.2) is 0 Å². The van der Waals surface area contributed by atoms with Crippen LogP contribution in [0.4, 0.5) is 5.95 Å². The lowest BCUT2D eigenvalue weighted by Gasteiger charge is -2.16. The molecule has 0 fully saturated rings. The van der Waals surface area contributed by atoms with Crippen molar-refractivity contribution in [3.8, 4) is 0 Å². The molecule has 2 aromatic rings. The van der Waals surface area contributed by atoms with Crippen molar-refractivity contribution in [2.24, 2.45) is 0 Å². The van der Waals surface area contributed by atoms with Crippen molar-refractivity contribution < 1.29 is 0 Å². The molecule has 2 aromatic heterocycles. The molecule has 0 amide bonds. The van der Waals surface area contributed by atoms with E-state index in [0.717, 1.165) is 42.0 Å². The van der Waals surface area contributed by atoms with Crippen LogP contribution in [-0.4, -0.2) is 15.6 Å². The van der Waals surface area contributed by atoms with Crippen LogP contribution in [0, 0.1) is 0 Å². The molecule has 0 saturated heterocycles. The lowest BCUT2D eigenvalue weighted by Crippen LogP contribution is -2.27. The van der Waals surface area contributed by atoms with Gasteiger partial charge in [0.2, 0.25) is 5.95 Å². The van der Waals surface area contributed by atoms with Gasteiger partial charge in [-0.15, -0.1) is 11.3 Å². The van der Waals surface area contributed by atoms with E-state index in [1.165, 1.54) is 23.3 Å². The highest BCUT2D eigenvalue weighted by molar-refractivity contribution is 7.18. The Morgan fingerprint density at radius 3 is 2.81 bits per heavy atom. The monoisotopic (exact) mass is 305 g/mol. The van der Waals surface area contributed by atoms with Crippen molar-refractivity contribution in [1.82, 2.24) is 9.55 Å². The van der Waals surface area contributed by atoms with Gasteiger partial charge in [-0.3, -0.25) is 9.36 Å². The molecule has 0 aliphatic heterocycles. The molecule has 0 atom stereocenters.